The number of halogens is 1. The third-order valence-electron chi connectivity index (χ3n) is 3.53. The van der Waals surface area contributed by atoms with Crippen molar-refractivity contribution >= 4 is 33.2 Å². The summed E-state index contributed by atoms with van der Waals surface area (Å²) in [4.78, 5) is 12.1. The van der Waals surface area contributed by atoms with Crippen LogP contribution in [-0.2, 0) is 21.2 Å². The number of sulfonamides is 1. The third kappa shape index (κ3) is 4.56. The average Bonchev–Trinajstić information content (AvgIpc) is 2.56. The van der Waals surface area contributed by atoms with Crippen molar-refractivity contribution in [2.24, 2.45) is 0 Å². The first kappa shape index (κ1) is 18.4. The van der Waals surface area contributed by atoms with Crippen molar-refractivity contribution in [3.63, 3.8) is 0 Å². The van der Waals surface area contributed by atoms with E-state index in [9.17, 15) is 13.2 Å². The Bertz CT molecular complexity index is 851. The molecule has 0 aromatic heterocycles. The lowest BCUT2D eigenvalue weighted by Crippen LogP contribution is -2.33. The molecule has 0 aliphatic heterocycles. The van der Waals surface area contributed by atoms with Crippen LogP contribution in [0.3, 0.4) is 0 Å². The molecule has 0 saturated heterocycles. The molecule has 128 valence electrons. The zero-order valence-corrected chi connectivity index (χ0v) is 15.0. The van der Waals surface area contributed by atoms with Gasteiger partial charge >= 0.3 is 0 Å². The van der Waals surface area contributed by atoms with Gasteiger partial charge in [-0.15, -0.1) is 0 Å². The smallest absolute Gasteiger partial charge is 0.241 e. The van der Waals surface area contributed by atoms with Gasteiger partial charge in [0.2, 0.25) is 15.9 Å². The maximum absolute atomic E-state index is 12.2. The Labute approximate surface area is 147 Å². The minimum absolute atomic E-state index is 0.0751. The van der Waals surface area contributed by atoms with E-state index < -0.39 is 15.9 Å². The van der Waals surface area contributed by atoms with Crippen LogP contribution in [0.1, 0.15) is 18.1 Å². The second kappa shape index (κ2) is 7.79. The van der Waals surface area contributed by atoms with Gasteiger partial charge in [-0.05, 0) is 48.7 Å². The van der Waals surface area contributed by atoms with E-state index in [1.165, 1.54) is 18.2 Å². The second-order valence-electron chi connectivity index (χ2n) is 5.29. The number of anilines is 1. The summed E-state index contributed by atoms with van der Waals surface area (Å²) >= 11 is 5.90. The van der Waals surface area contributed by atoms with Gasteiger partial charge in [0.25, 0.3) is 0 Å². The summed E-state index contributed by atoms with van der Waals surface area (Å²) in [7, 11) is -3.77. The quantitative estimate of drug-likeness (QED) is 0.824. The molecule has 0 spiro atoms. The van der Waals surface area contributed by atoms with Crippen molar-refractivity contribution in [3.8, 4) is 0 Å². The topological polar surface area (TPSA) is 75.3 Å². The number of para-hydroxylation sites is 1. The highest BCUT2D eigenvalue weighted by atomic mass is 35.5. The molecule has 0 unspecified atom stereocenters. The van der Waals surface area contributed by atoms with E-state index >= 15 is 0 Å². The van der Waals surface area contributed by atoms with Crippen LogP contribution in [0.2, 0.25) is 5.02 Å². The molecule has 2 aromatic carbocycles. The molecule has 0 fully saturated rings. The summed E-state index contributed by atoms with van der Waals surface area (Å²) in [6.07, 6.45) is 0.770. The highest BCUT2D eigenvalue weighted by molar-refractivity contribution is 7.89. The number of hydrogen-bond acceptors (Lipinski definition) is 3. The minimum Gasteiger partial charge on any atom is -0.325 e. The van der Waals surface area contributed by atoms with E-state index in [1.807, 2.05) is 25.1 Å². The minimum atomic E-state index is -3.77. The molecular formula is C17H19ClN2O3S. The molecule has 2 aromatic rings. The Morgan fingerprint density at radius 3 is 2.54 bits per heavy atom. The standard InChI is InChI=1S/C17H19ClN2O3S/c1-3-13-6-4-5-7-16(13)20-17(21)11-19-24(22,23)14-8-9-15(18)12(2)10-14/h4-10,19H,3,11H2,1-2H3,(H,20,21). The number of rotatable bonds is 6. The normalized spacial score (nSPS) is 11.3. The molecule has 2 rings (SSSR count). The first-order valence-corrected chi connectivity index (χ1v) is 9.33. The number of amides is 1. The van der Waals surface area contributed by atoms with E-state index in [0.717, 1.165) is 12.0 Å². The fourth-order valence-electron chi connectivity index (χ4n) is 2.17. The second-order valence-corrected chi connectivity index (χ2v) is 7.47. The predicted octanol–water partition coefficient (Wildman–Crippen LogP) is 3.13. The van der Waals surface area contributed by atoms with E-state index in [4.69, 9.17) is 11.6 Å². The molecule has 2 N–H and O–H groups in total. The van der Waals surface area contributed by atoms with Crippen molar-refractivity contribution < 1.29 is 13.2 Å². The molecular weight excluding hydrogens is 348 g/mol. The van der Waals surface area contributed by atoms with Crippen LogP contribution in [0.4, 0.5) is 5.69 Å². The molecule has 1 amide bonds. The highest BCUT2D eigenvalue weighted by Crippen LogP contribution is 2.19. The third-order valence-corrected chi connectivity index (χ3v) is 5.36. The summed E-state index contributed by atoms with van der Waals surface area (Å²) in [5, 5.41) is 3.21. The van der Waals surface area contributed by atoms with Crippen molar-refractivity contribution in [2.75, 3.05) is 11.9 Å². The molecule has 0 radical (unpaired) electrons. The molecule has 0 heterocycles. The zero-order chi connectivity index (χ0) is 17.7. The van der Waals surface area contributed by atoms with Gasteiger partial charge in [-0.1, -0.05) is 36.7 Å². The summed E-state index contributed by atoms with van der Waals surface area (Å²) < 4.78 is 26.8. The van der Waals surface area contributed by atoms with Gasteiger partial charge in [0.1, 0.15) is 0 Å². The number of aryl methyl sites for hydroxylation is 2. The van der Waals surface area contributed by atoms with Gasteiger partial charge in [0.05, 0.1) is 11.4 Å². The summed E-state index contributed by atoms with van der Waals surface area (Å²) in [5.41, 5.74) is 2.33. The van der Waals surface area contributed by atoms with Gasteiger partial charge < -0.3 is 5.32 Å². The summed E-state index contributed by atoms with van der Waals surface area (Å²) in [5.74, 6) is -0.426. The monoisotopic (exact) mass is 366 g/mol. The Morgan fingerprint density at radius 1 is 1.17 bits per heavy atom. The van der Waals surface area contributed by atoms with Crippen LogP contribution in [0.5, 0.6) is 0 Å². The van der Waals surface area contributed by atoms with E-state index in [0.29, 0.717) is 16.3 Å². The van der Waals surface area contributed by atoms with Crippen LogP contribution in [-0.4, -0.2) is 20.9 Å². The first-order chi connectivity index (χ1) is 11.3. The van der Waals surface area contributed by atoms with Crippen LogP contribution < -0.4 is 10.0 Å². The van der Waals surface area contributed by atoms with Crippen molar-refractivity contribution in [1.82, 2.24) is 4.72 Å². The van der Waals surface area contributed by atoms with Crippen LogP contribution in [0.15, 0.2) is 47.4 Å². The van der Waals surface area contributed by atoms with E-state index in [2.05, 4.69) is 10.0 Å². The largest absolute Gasteiger partial charge is 0.325 e. The average molecular weight is 367 g/mol. The number of nitrogens with one attached hydrogen (secondary N) is 2. The Kier molecular flexibility index (Phi) is 5.99. The molecule has 0 aliphatic carbocycles. The number of carbonyl (C=O) groups excluding carboxylic acids is 1. The molecule has 0 aliphatic rings. The van der Waals surface area contributed by atoms with Crippen LogP contribution >= 0.6 is 11.6 Å². The van der Waals surface area contributed by atoms with Gasteiger partial charge in [0, 0.05) is 10.7 Å². The van der Waals surface area contributed by atoms with E-state index in [-0.39, 0.29) is 11.4 Å². The number of hydrogen-bond donors (Lipinski definition) is 2. The van der Waals surface area contributed by atoms with Gasteiger partial charge in [-0.25, -0.2) is 13.1 Å². The van der Waals surface area contributed by atoms with Gasteiger partial charge in [0.15, 0.2) is 0 Å². The lowest BCUT2D eigenvalue weighted by Gasteiger charge is -2.11. The first-order valence-electron chi connectivity index (χ1n) is 7.47. The fraction of sp³-hybridized carbons (Fsp3) is 0.235. The Hall–Kier alpha value is -1.89. The lowest BCUT2D eigenvalue weighted by atomic mass is 10.1. The number of benzene rings is 2. The van der Waals surface area contributed by atoms with Crippen molar-refractivity contribution in [1.29, 1.82) is 0 Å². The highest BCUT2D eigenvalue weighted by Gasteiger charge is 2.16. The molecule has 7 heteroatoms. The van der Waals surface area contributed by atoms with Crippen LogP contribution in [0, 0.1) is 6.92 Å². The summed E-state index contributed by atoms with van der Waals surface area (Å²) in [6, 6.07) is 11.8. The lowest BCUT2D eigenvalue weighted by molar-refractivity contribution is -0.115. The van der Waals surface area contributed by atoms with E-state index in [1.54, 1.807) is 13.0 Å². The summed E-state index contributed by atoms with van der Waals surface area (Å²) in [6.45, 7) is 3.36. The van der Waals surface area contributed by atoms with Gasteiger partial charge in [-0.2, -0.15) is 0 Å². The van der Waals surface area contributed by atoms with Crippen molar-refractivity contribution in [3.05, 3.63) is 58.6 Å². The van der Waals surface area contributed by atoms with Gasteiger partial charge in [-0.3, -0.25) is 4.79 Å². The number of carbonyl (C=O) groups is 1. The SMILES string of the molecule is CCc1ccccc1NC(=O)CNS(=O)(=O)c1ccc(Cl)c(C)c1. The maximum Gasteiger partial charge on any atom is 0.241 e. The molecule has 0 saturated carbocycles. The predicted molar refractivity (Wildman–Crippen MR) is 95.8 cm³/mol. The van der Waals surface area contributed by atoms with Crippen molar-refractivity contribution in [2.45, 2.75) is 25.2 Å². The Balaban J connectivity index is 2.03. The molecule has 5 nitrogen and oxygen atoms in total. The zero-order valence-electron chi connectivity index (χ0n) is 13.5. The molecule has 24 heavy (non-hydrogen) atoms. The molecule has 0 bridgehead atoms. The van der Waals surface area contributed by atoms with Crippen LogP contribution in [0.25, 0.3) is 0 Å². The maximum atomic E-state index is 12.2. The Morgan fingerprint density at radius 2 is 1.88 bits per heavy atom. The fourth-order valence-corrected chi connectivity index (χ4v) is 3.36. The molecule has 0 atom stereocenters.